The van der Waals surface area contributed by atoms with Gasteiger partial charge in [-0.15, -0.1) is 10.2 Å². The third-order valence-electron chi connectivity index (χ3n) is 3.90. The molecule has 1 heterocycles. The Hall–Kier alpha value is -3.55. The fraction of sp³-hybridized carbons (Fsp3) is 0.190. The maximum absolute atomic E-state index is 12.1. The van der Waals surface area contributed by atoms with E-state index in [1.807, 2.05) is 31.2 Å². The number of aryl methyl sites for hydroxylation is 1. The van der Waals surface area contributed by atoms with E-state index in [4.69, 9.17) is 9.15 Å². The van der Waals surface area contributed by atoms with E-state index in [1.165, 1.54) is 36.4 Å². The van der Waals surface area contributed by atoms with Gasteiger partial charge in [0.1, 0.15) is 5.75 Å². The SMILES string of the molecule is Cc1ccc(-c2nnc([C@H](C)OC(=O)/C=C/c3ccc(OC(F)F)cc3)o2)cc1. The number of carbonyl (C=O) groups excluding carboxylic acids is 1. The highest BCUT2D eigenvalue weighted by molar-refractivity contribution is 5.87. The van der Waals surface area contributed by atoms with Crippen LogP contribution in [-0.2, 0) is 9.53 Å². The van der Waals surface area contributed by atoms with E-state index in [0.717, 1.165) is 11.1 Å². The van der Waals surface area contributed by atoms with Crippen LogP contribution < -0.4 is 4.74 Å². The largest absolute Gasteiger partial charge is 0.449 e. The number of rotatable bonds is 7. The Morgan fingerprint density at radius 1 is 1.07 bits per heavy atom. The molecule has 0 spiro atoms. The molecule has 0 unspecified atom stereocenters. The number of benzene rings is 2. The van der Waals surface area contributed by atoms with Gasteiger partial charge in [-0.3, -0.25) is 0 Å². The Morgan fingerprint density at radius 2 is 1.76 bits per heavy atom. The van der Waals surface area contributed by atoms with Gasteiger partial charge in [0.05, 0.1) is 0 Å². The fourth-order valence-corrected chi connectivity index (χ4v) is 2.40. The first-order valence-electron chi connectivity index (χ1n) is 8.75. The average molecular weight is 400 g/mol. The Labute approximate surface area is 165 Å². The van der Waals surface area contributed by atoms with Crippen molar-refractivity contribution in [1.29, 1.82) is 0 Å². The van der Waals surface area contributed by atoms with Gasteiger partial charge < -0.3 is 13.9 Å². The Morgan fingerprint density at radius 3 is 2.41 bits per heavy atom. The minimum Gasteiger partial charge on any atom is -0.449 e. The summed E-state index contributed by atoms with van der Waals surface area (Å²) in [6.45, 7) is 0.710. The molecule has 0 saturated heterocycles. The van der Waals surface area contributed by atoms with Crippen LogP contribution in [-0.4, -0.2) is 22.8 Å². The minimum absolute atomic E-state index is 0.0362. The maximum atomic E-state index is 12.1. The molecule has 0 aliphatic carbocycles. The normalized spacial score (nSPS) is 12.3. The van der Waals surface area contributed by atoms with Crippen LogP contribution in [0.15, 0.2) is 59.0 Å². The Kier molecular flexibility index (Phi) is 6.33. The molecule has 0 bridgehead atoms. The molecule has 1 aromatic heterocycles. The van der Waals surface area contributed by atoms with Crippen LogP contribution in [0.5, 0.6) is 5.75 Å². The molecule has 0 N–H and O–H groups in total. The third-order valence-corrected chi connectivity index (χ3v) is 3.90. The second kappa shape index (κ2) is 9.09. The van der Waals surface area contributed by atoms with Gasteiger partial charge in [0.25, 0.3) is 5.89 Å². The van der Waals surface area contributed by atoms with Crippen molar-refractivity contribution in [3.63, 3.8) is 0 Å². The van der Waals surface area contributed by atoms with Crippen LogP contribution in [0.4, 0.5) is 8.78 Å². The maximum Gasteiger partial charge on any atom is 0.387 e. The molecular weight excluding hydrogens is 382 g/mol. The second-order valence-electron chi connectivity index (χ2n) is 6.17. The molecular formula is C21H18F2N2O4. The first kappa shape index (κ1) is 20.2. The molecule has 0 amide bonds. The topological polar surface area (TPSA) is 74.5 Å². The van der Waals surface area contributed by atoms with Crippen molar-refractivity contribution >= 4 is 12.0 Å². The van der Waals surface area contributed by atoms with E-state index < -0.39 is 18.7 Å². The average Bonchev–Trinajstić information content (AvgIpc) is 3.18. The molecule has 0 radical (unpaired) electrons. The highest BCUT2D eigenvalue weighted by Crippen LogP contribution is 2.23. The van der Waals surface area contributed by atoms with Gasteiger partial charge in [-0.05, 0) is 49.8 Å². The van der Waals surface area contributed by atoms with Crippen LogP contribution >= 0.6 is 0 Å². The molecule has 29 heavy (non-hydrogen) atoms. The summed E-state index contributed by atoms with van der Waals surface area (Å²) >= 11 is 0. The molecule has 0 aliphatic heterocycles. The standard InChI is InChI=1S/C21H18F2N2O4/c1-13-3-8-16(9-4-13)20-25-24-19(29-20)14(2)27-18(26)12-7-15-5-10-17(11-6-15)28-21(22)23/h3-12,14,21H,1-2H3/b12-7+/t14-/m0/s1. The summed E-state index contributed by atoms with van der Waals surface area (Å²) in [5.74, 6) is -0.0602. The number of carbonyl (C=O) groups is 1. The number of hydrogen-bond donors (Lipinski definition) is 0. The highest BCUT2D eigenvalue weighted by atomic mass is 19.3. The predicted octanol–water partition coefficient (Wildman–Crippen LogP) is 4.96. The van der Waals surface area contributed by atoms with Gasteiger partial charge in [0.2, 0.25) is 5.89 Å². The summed E-state index contributed by atoms with van der Waals surface area (Å²) in [5.41, 5.74) is 2.50. The molecule has 150 valence electrons. The number of alkyl halides is 2. The van der Waals surface area contributed by atoms with Gasteiger partial charge in [0, 0.05) is 11.6 Å². The quantitative estimate of drug-likeness (QED) is 0.412. The van der Waals surface area contributed by atoms with E-state index in [-0.39, 0.29) is 11.6 Å². The lowest BCUT2D eigenvalue weighted by molar-refractivity contribution is -0.143. The van der Waals surface area contributed by atoms with E-state index in [9.17, 15) is 13.6 Å². The molecule has 3 rings (SSSR count). The Bertz CT molecular complexity index is 983. The fourth-order valence-electron chi connectivity index (χ4n) is 2.40. The molecule has 2 aromatic carbocycles. The minimum atomic E-state index is -2.89. The van der Waals surface area contributed by atoms with E-state index in [0.29, 0.717) is 11.5 Å². The lowest BCUT2D eigenvalue weighted by Crippen LogP contribution is -2.06. The summed E-state index contributed by atoms with van der Waals surface area (Å²) in [6, 6.07) is 13.4. The lowest BCUT2D eigenvalue weighted by Gasteiger charge is -2.07. The van der Waals surface area contributed by atoms with Gasteiger partial charge in [-0.1, -0.05) is 29.8 Å². The zero-order chi connectivity index (χ0) is 20.8. The number of hydrogen-bond acceptors (Lipinski definition) is 6. The molecule has 8 heteroatoms. The van der Waals surface area contributed by atoms with Crippen LogP contribution in [0.1, 0.15) is 30.0 Å². The van der Waals surface area contributed by atoms with Crippen molar-refractivity contribution in [3.05, 3.63) is 71.6 Å². The second-order valence-corrected chi connectivity index (χ2v) is 6.17. The van der Waals surface area contributed by atoms with Gasteiger partial charge in [-0.2, -0.15) is 8.78 Å². The third kappa shape index (κ3) is 5.71. The number of esters is 1. The van der Waals surface area contributed by atoms with Gasteiger partial charge >= 0.3 is 12.6 Å². The first-order valence-corrected chi connectivity index (χ1v) is 8.75. The van der Waals surface area contributed by atoms with Crippen molar-refractivity contribution in [1.82, 2.24) is 10.2 Å². The summed E-state index contributed by atoms with van der Waals surface area (Å²) < 4.78 is 39.4. The monoisotopic (exact) mass is 400 g/mol. The Balaban J connectivity index is 1.57. The predicted molar refractivity (Wildman–Crippen MR) is 101 cm³/mol. The van der Waals surface area contributed by atoms with Crippen molar-refractivity contribution in [2.24, 2.45) is 0 Å². The van der Waals surface area contributed by atoms with Crippen molar-refractivity contribution in [3.8, 4) is 17.2 Å². The summed E-state index contributed by atoms with van der Waals surface area (Å²) in [6.07, 6.45) is 1.98. The van der Waals surface area contributed by atoms with Crippen LogP contribution in [0.25, 0.3) is 17.5 Å². The number of halogens is 2. The van der Waals surface area contributed by atoms with E-state index in [1.54, 1.807) is 6.92 Å². The first-order chi connectivity index (χ1) is 13.9. The number of aromatic nitrogens is 2. The molecule has 6 nitrogen and oxygen atoms in total. The van der Waals surface area contributed by atoms with Gasteiger partial charge in [0.15, 0.2) is 6.10 Å². The smallest absolute Gasteiger partial charge is 0.387 e. The van der Waals surface area contributed by atoms with Gasteiger partial charge in [-0.25, -0.2) is 4.79 Å². The summed E-state index contributed by atoms with van der Waals surface area (Å²) in [7, 11) is 0. The molecule has 1 atom stereocenters. The molecule has 0 fully saturated rings. The van der Waals surface area contributed by atoms with Crippen molar-refractivity contribution in [2.75, 3.05) is 0 Å². The lowest BCUT2D eigenvalue weighted by atomic mass is 10.1. The van der Waals surface area contributed by atoms with Crippen LogP contribution in [0, 0.1) is 6.92 Å². The zero-order valence-electron chi connectivity index (χ0n) is 15.7. The number of nitrogens with zero attached hydrogens (tertiary/aromatic N) is 2. The molecule has 0 aliphatic rings. The molecule has 3 aromatic rings. The number of ether oxygens (including phenoxy) is 2. The van der Waals surface area contributed by atoms with Crippen LogP contribution in [0.3, 0.4) is 0 Å². The van der Waals surface area contributed by atoms with Crippen LogP contribution in [0.2, 0.25) is 0 Å². The van der Waals surface area contributed by atoms with Crippen molar-refractivity contribution in [2.45, 2.75) is 26.6 Å². The van der Waals surface area contributed by atoms with E-state index in [2.05, 4.69) is 14.9 Å². The molecule has 0 saturated carbocycles. The van der Waals surface area contributed by atoms with Crippen molar-refractivity contribution < 1.29 is 27.5 Å². The summed E-state index contributed by atoms with van der Waals surface area (Å²) in [5, 5.41) is 7.90. The zero-order valence-corrected chi connectivity index (χ0v) is 15.7. The highest BCUT2D eigenvalue weighted by Gasteiger charge is 2.18. The van der Waals surface area contributed by atoms with E-state index >= 15 is 0 Å². The summed E-state index contributed by atoms with van der Waals surface area (Å²) in [4.78, 5) is 12.0.